The largest absolute Gasteiger partial charge is 0.493 e. The molecule has 0 amide bonds. The molecule has 0 aliphatic rings. The van der Waals surface area contributed by atoms with Crippen molar-refractivity contribution in [1.82, 2.24) is 25.4 Å². The zero-order valence-corrected chi connectivity index (χ0v) is 20.1. The Kier molecular flexibility index (Phi) is 11.4. The van der Waals surface area contributed by atoms with Gasteiger partial charge in [0.15, 0.2) is 23.3 Å². The van der Waals surface area contributed by atoms with Crippen molar-refractivity contribution in [1.29, 1.82) is 0 Å². The van der Waals surface area contributed by atoms with Crippen LogP contribution in [0.4, 0.5) is 0 Å². The number of aromatic nitrogens is 3. The first-order chi connectivity index (χ1) is 15.6. The zero-order chi connectivity index (χ0) is 23.2. The number of ether oxygens (including phenoxy) is 3. The monoisotopic (exact) mass is 446 g/mol. The van der Waals surface area contributed by atoms with Crippen molar-refractivity contribution in [3.05, 3.63) is 35.4 Å². The minimum atomic E-state index is 0.467. The molecule has 2 rings (SSSR count). The van der Waals surface area contributed by atoms with Crippen LogP contribution >= 0.6 is 0 Å². The van der Waals surface area contributed by atoms with Gasteiger partial charge >= 0.3 is 0 Å². The summed E-state index contributed by atoms with van der Waals surface area (Å²) in [7, 11) is 3.61. The number of benzene rings is 1. The molecule has 9 heteroatoms. The molecular weight excluding hydrogens is 408 g/mol. The molecule has 0 spiro atoms. The molecule has 0 aliphatic heterocycles. The third-order valence-electron chi connectivity index (χ3n) is 4.99. The van der Waals surface area contributed by atoms with E-state index < -0.39 is 0 Å². The van der Waals surface area contributed by atoms with Gasteiger partial charge in [-0.15, -0.1) is 10.2 Å². The summed E-state index contributed by atoms with van der Waals surface area (Å²) in [6.45, 7) is 10.0. The lowest BCUT2D eigenvalue weighted by atomic mass is 10.1. The van der Waals surface area contributed by atoms with Crippen LogP contribution in [0.25, 0.3) is 0 Å². The van der Waals surface area contributed by atoms with Crippen LogP contribution in [0.3, 0.4) is 0 Å². The second kappa shape index (κ2) is 14.3. The Morgan fingerprint density at radius 3 is 2.50 bits per heavy atom. The molecule has 0 saturated carbocycles. The molecule has 0 aliphatic carbocycles. The smallest absolute Gasteiger partial charge is 0.191 e. The SMILES string of the molecule is CCOCCCNC(=NCc1nnc(C)n1C)NCCCc1ccc(OC)c(OCC)c1. The average Bonchev–Trinajstić information content (AvgIpc) is 3.12. The van der Waals surface area contributed by atoms with Crippen LogP contribution in [0.15, 0.2) is 23.2 Å². The van der Waals surface area contributed by atoms with Crippen LogP contribution in [0.1, 0.15) is 43.9 Å². The van der Waals surface area contributed by atoms with Crippen molar-refractivity contribution >= 4 is 5.96 Å². The van der Waals surface area contributed by atoms with Gasteiger partial charge in [0, 0.05) is 33.4 Å². The van der Waals surface area contributed by atoms with Crippen LogP contribution in [-0.4, -0.2) is 60.7 Å². The Hall–Kier alpha value is -2.81. The van der Waals surface area contributed by atoms with E-state index in [4.69, 9.17) is 14.2 Å². The van der Waals surface area contributed by atoms with E-state index in [1.807, 2.05) is 38.5 Å². The van der Waals surface area contributed by atoms with Crippen molar-refractivity contribution in [3.63, 3.8) is 0 Å². The van der Waals surface area contributed by atoms with Crippen molar-refractivity contribution in [2.75, 3.05) is 40.0 Å². The number of hydrogen-bond donors (Lipinski definition) is 2. The van der Waals surface area contributed by atoms with Crippen molar-refractivity contribution < 1.29 is 14.2 Å². The van der Waals surface area contributed by atoms with E-state index in [-0.39, 0.29) is 0 Å². The van der Waals surface area contributed by atoms with Crippen LogP contribution in [0.5, 0.6) is 11.5 Å². The van der Waals surface area contributed by atoms with Gasteiger partial charge in [0.2, 0.25) is 0 Å². The molecular formula is C23H38N6O3. The number of rotatable bonds is 14. The van der Waals surface area contributed by atoms with E-state index in [1.165, 1.54) is 5.56 Å². The highest BCUT2D eigenvalue weighted by Gasteiger charge is 2.07. The molecule has 0 radical (unpaired) electrons. The summed E-state index contributed by atoms with van der Waals surface area (Å²) in [6, 6.07) is 6.10. The molecule has 1 aromatic carbocycles. The summed E-state index contributed by atoms with van der Waals surface area (Å²) in [4.78, 5) is 4.69. The zero-order valence-electron chi connectivity index (χ0n) is 20.1. The van der Waals surface area contributed by atoms with E-state index in [0.29, 0.717) is 13.2 Å². The summed E-state index contributed by atoms with van der Waals surface area (Å²) < 4.78 is 18.4. The number of guanidine groups is 1. The highest BCUT2D eigenvalue weighted by molar-refractivity contribution is 5.79. The fourth-order valence-corrected chi connectivity index (χ4v) is 3.08. The average molecular weight is 447 g/mol. The predicted octanol–water partition coefficient (Wildman–Crippen LogP) is 2.63. The molecule has 2 aromatic rings. The fraction of sp³-hybridized carbons (Fsp3) is 0.609. The van der Waals surface area contributed by atoms with Crippen molar-refractivity contribution in [2.45, 2.75) is 46.6 Å². The molecule has 0 bridgehead atoms. The number of aryl methyl sites for hydroxylation is 2. The van der Waals surface area contributed by atoms with Gasteiger partial charge in [-0.2, -0.15) is 0 Å². The molecule has 0 atom stereocenters. The maximum Gasteiger partial charge on any atom is 0.191 e. The van der Waals surface area contributed by atoms with Gasteiger partial charge in [-0.3, -0.25) is 0 Å². The Bertz CT molecular complexity index is 837. The summed E-state index contributed by atoms with van der Waals surface area (Å²) in [5.41, 5.74) is 1.22. The van der Waals surface area contributed by atoms with Crippen LogP contribution in [0, 0.1) is 6.92 Å². The predicted molar refractivity (Wildman–Crippen MR) is 126 cm³/mol. The number of aliphatic imine (C=N–C) groups is 1. The van der Waals surface area contributed by atoms with Gasteiger partial charge in [0.05, 0.1) is 13.7 Å². The second-order valence-corrected chi connectivity index (χ2v) is 7.31. The van der Waals surface area contributed by atoms with Crippen molar-refractivity contribution in [3.8, 4) is 11.5 Å². The summed E-state index contributed by atoms with van der Waals surface area (Å²) >= 11 is 0. The van der Waals surface area contributed by atoms with E-state index in [9.17, 15) is 0 Å². The molecule has 0 unspecified atom stereocenters. The molecule has 2 N–H and O–H groups in total. The molecule has 0 saturated heterocycles. The summed E-state index contributed by atoms with van der Waals surface area (Å²) in [5, 5.41) is 15.1. The third-order valence-corrected chi connectivity index (χ3v) is 4.99. The Balaban J connectivity index is 1.88. The molecule has 178 valence electrons. The molecule has 32 heavy (non-hydrogen) atoms. The number of nitrogens with one attached hydrogen (secondary N) is 2. The lowest BCUT2D eigenvalue weighted by Gasteiger charge is -2.14. The molecule has 0 fully saturated rings. The highest BCUT2D eigenvalue weighted by atomic mass is 16.5. The van der Waals surface area contributed by atoms with E-state index in [0.717, 1.165) is 74.7 Å². The topological polar surface area (TPSA) is 94.8 Å². The third kappa shape index (κ3) is 8.37. The first-order valence-electron chi connectivity index (χ1n) is 11.3. The fourth-order valence-electron chi connectivity index (χ4n) is 3.08. The Labute approximate surface area is 191 Å². The van der Waals surface area contributed by atoms with Crippen LogP contribution in [-0.2, 0) is 24.8 Å². The maximum atomic E-state index is 5.68. The first-order valence-corrected chi connectivity index (χ1v) is 11.3. The Morgan fingerprint density at radius 1 is 1.06 bits per heavy atom. The van der Waals surface area contributed by atoms with E-state index in [2.05, 4.69) is 38.0 Å². The number of hydrogen-bond acceptors (Lipinski definition) is 6. The molecule has 9 nitrogen and oxygen atoms in total. The lowest BCUT2D eigenvalue weighted by molar-refractivity contribution is 0.145. The minimum absolute atomic E-state index is 0.467. The summed E-state index contributed by atoms with van der Waals surface area (Å²) in [6.07, 6.45) is 2.81. The van der Waals surface area contributed by atoms with Gasteiger partial charge in [-0.05, 0) is 57.7 Å². The van der Waals surface area contributed by atoms with Gasteiger partial charge in [0.1, 0.15) is 12.4 Å². The minimum Gasteiger partial charge on any atom is -0.493 e. The summed E-state index contributed by atoms with van der Waals surface area (Å²) in [5.74, 6) is 4.03. The standard InChI is InChI=1S/C23H38N6O3/c1-6-31-15-9-14-25-23(26-17-22-28-27-18(3)29(22)4)24-13-8-10-19-11-12-20(30-5)21(16-19)32-7-2/h11-12,16H,6-10,13-15,17H2,1-5H3,(H2,24,25,26). The van der Waals surface area contributed by atoms with Gasteiger partial charge in [-0.25, -0.2) is 4.99 Å². The molecule has 1 heterocycles. The number of methoxy groups -OCH3 is 1. The number of nitrogens with zero attached hydrogens (tertiary/aromatic N) is 4. The maximum absolute atomic E-state index is 5.68. The van der Waals surface area contributed by atoms with Gasteiger partial charge < -0.3 is 29.4 Å². The van der Waals surface area contributed by atoms with E-state index >= 15 is 0 Å². The quantitative estimate of drug-likeness (QED) is 0.262. The normalized spacial score (nSPS) is 11.5. The van der Waals surface area contributed by atoms with Crippen LogP contribution < -0.4 is 20.1 Å². The second-order valence-electron chi connectivity index (χ2n) is 7.31. The Morgan fingerprint density at radius 2 is 1.84 bits per heavy atom. The van der Waals surface area contributed by atoms with Crippen molar-refractivity contribution in [2.24, 2.45) is 12.0 Å². The molecule has 1 aromatic heterocycles. The van der Waals surface area contributed by atoms with Gasteiger partial charge in [0.25, 0.3) is 0 Å². The highest BCUT2D eigenvalue weighted by Crippen LogP contribution is 2.28. The lowest BCUT2D eigenvalue weighted by Crippen LogP contribution is -2.39. The first kappa shape index (κ1) is 25.5. The van der Waals surface area contributed by atoms with Crippen LogP contribution in [0.2, 0.25) is 0 Å². The van der Waals surface area contributed by atoms with E-state index in [1.54, 1.807) is 7.11 Å². The van der Waals surface area contributed by atoms with Gasteiger partial charge in [-0.1, -0.05) is 6.07 Å².